The Morgan fingerprint density at radius 2 is 1.94 bits per heavy atom. The average molecular weight is 501 g/mol. The molecule has 1 fully saturated rings. The van der Waals surface area contributed by atoms with Gasteiger partial charge in [-0.25, -0.2) is 18.7 Å². The zero-order chi connectivity index (χ0) is 24.5. The fraction of sp³-hybridized carbons (Fsp3) is 0.292. The van der Waals surface area contributed by atoms with Crippen LogP contribution in [0.5, 0.6) is 11.5 Å². The largest absolute Gasteiger partial charge is 0.507 e. The second-order valence-corrected chi connectivity index (χ2v) is 8.93. The molecule has 11 heteroatoms. The molecule has 2 aromatic heterocycles. The van der Waals surface area contributed by atoms with Crippen LogP contribution in [-0.2, 0) is 13.1 Å². The van der Waals surface area contributed by atoms with E-state index in [1.54, 1.807) is 6.20 Å². The first kappa shape index (κ1) is 23.3. The fourth-order valence-corrected chi connectivity index (χ4v) is 4.55. The molecule has 182 valence electrons. The Labute approximate surface area is 204 Å². The maximum absolute atomic E-state index is 13.5. The third-order valence-corrected chi connectivity index (χ3v) is 6.47. The number of nitrogens with one attached hydrogen (secondary N) is 2. The summed E-state index contributed by atoms with van der Waals surface area (Å²) in [6.07, 6.45) is 3.60. The number of phenols is 2. The topological polar surface area (TPSA) is 108 Å². The van der Waals surface area contributed by atoms with E-state index in [0.717, 1.165) is 38.1 Å². The van der Waals surface area contributed by atoms with Crippen LogP contribution in [0.1, 0.15) is 18.4 Å². The summed E-state index contributed by atoms with van der Waals surface area (Å²) >= 11 is 6.37. The number of halogens is 3. The summed E-state index contributed by atoms with van der Waals surface area (Å²) in [7, 11) is 0. The fourth-order valence-electron chi connectivity index (χ4n) is 4.30. The Balaban J connectivity index is 1.54. The van der Waals surface area contributed by atoms with Crippen molar-refractivity contribution in [3.8, 4) is 22.9 Å². The highest BCUT2D eigenvalue weighted by atomic mass is 35.5. The SMILES string of the molecule is Oc1ccc(O)c(-c2nc3cnc(NCc4ccc(F)c(F)c4)nc3n2C[C@@H]2CCCNC2)c1Cl. The Morgan fingerprint density at radius 1 is 1.11 bits per heavy atom. The van der Waals surface area contributed by atoms with E-state index in [9.17, 15) is 19.0 Å². The number of benzene rings is 2. The normalized spacial score (nSPS) is 16.0. The molecule has 8 nitrogen and oxygen atoms in total. The molecule has 5 rings (SSSR count). The lowest BCUT2D eigenvalue weighted by molar-refractivity contribution is 0.340. The summed E-state index contributed by atoms with van der Waals surface area (Å²) in [5, 5.41) is 27.1. The first-order valence-corrected chi connectivity index (χ1v) is 11.6. The third-order valence-electron chi connectivity index (χ3n) is 6.09. The van der Waals surface area contributed by atoms with Gasteiger partial charge in [-0.05, 0) is 61.7 Å². The molecule has 4 N–H and O–H groups in total. The molecule has 0 aliphatic carbocycles. The van der Waals surface area contributed by atoms with Gasteiger partial charge in [0.25, 0.3) is 0 Å². The van der Waals surface area contributed by atoms with Crippen molar-refractivity contribution in [3.05, 3.63) is 58.7 Å². The first-order valence-electron chi connectivity index (χ1n) is 11.2. The van der Waals surface area contributed by atoms with Gasteiger partial charge in [0, 0.05) is 13.1 Å². The molecule has 1 saturated heterocycles. The number of fused-ring (bicyclic) bond motifs is 1. The van der Waals surface area contributed by atoms with E-state index in [2.05, 4.69) is 25.6 Å². The maximum atomic E-state index is 13.5. The number of rotatable bonds is 6. The second kappa shape index (κ2) is 9.63. The standard InChI is InChI=1S/C24H23ClF2N6O2/c25-21-19(35)6-5-18(34)20(21)23-31-17-11-30-24(29-10-13-3-4-15(26)16(27)8-13)32-22(17)33(23)12-14-2-1-7-28-9-14/h3-6,8,11,14,28,34-35H,1-2,7,9-10,12H2,(H,29,30,32)/t14-/m1/s1. The van der Waals surface area contributed by atoms with Gasteiger partial charge in [-0.15, -0.1) is 0 Å². The van der Waals surface area contributed by atoms with E-state index in [0.29, 0.717) is 35.0 Å². The highest BCUT2D eigenvalue weighted by Crippen LogP contribution is 2.41. The third kappa shape index (κ3) is 4.71. The highest BCUT2D eigenvalue weighted by Gasteiger charge is 2.24. The van der Waals surface area contributed by atoms with E-state index in [1.165, 1.54) is 18.2 Å². The van der Waals surface area contributed by atoms with E-state index in [4.69, 9.17) is 11.6 Å². The molecule has 1 atom stereocenters. The van der Waals surface area contributed by atoms with E-state index in [-0.39, 0.29) is 34.6 Å². The quantitative estimate of drug-likeness (QED) is 0.290. The van der Waals surface area contributed by atoms with Gasteiger partial charge >= 0.3 is 0 Å². The zero-order valence-electron chi connectivity index (χ0n) is 18.6. The monoisotopic (exact) mass is 500 g/mol. The number of anilines is 1. The summed E-state index contributed by atoms with van der Waals surface area (Å²) in [4.78, 5) is 13.6. The number of piperidine rings is 1. The molecule has 0 bridgehead atoms. The van der Waals surface area contributed by atoms with Gasteiger partial charge in [-0.2, -0.15) is 4.98 Å². The number of hydrogen-bond acceptors (Lipinski definition) is 7. The molecule has 0 amide bonds. The molecule has 0 spiro atoms. The molecule has 0 radical (unpaired) electrons. The minimum Gasteiger partial charge on any atom is -0.507 e. The van der Waals surface area contributed by atoms with Crippen LogP contribution >= 0.6 is 11.6 Å². The van der Waals surface area contributed by atoms with Crippen molar-refractivity contribution >= 4 is 28.7 Å². The number of imidazole rings is 1. The Morgan fingerprint density at radius 3 is 2.71 bits per heavy atom. The van der Waals surface area contributed by atoms with Crippen molar-refractivity contribution in [1.82, 2.24) is 24.8 Å². The van der Waals surface area contributed by atoms with Gasteiger partial charge < -0.3 is 25.4 Å². The van der Waals surface area contributed by atoms with Crippen LogP contribution in [0.25, 0.3) is 22.6 Å². The second-order valence-electron chi connectivity index (χ2n) is 8.56. The smallest absolute Gasteiger partial charge is 0.225 e. The molecule has 1 aliphatic rings. The van der Waals surface area contributed by atoms with Gasteiger partial charge in [-0.3, -0.25) is 0 Å². The Bertz CT molecular complexity index is 1390. The van der Waals surface area contributed by atoms with Crippen LogP contribution in [0.2, 0.25) is 5.02 Å². The van der Waals surface area contributed by atoms with Crippen molar-refractivity contribution in [2.24, 2.45) is 5.92 Å². The first-order chi connectivity index (χ1) is 16.9. The van der Waals surface area contributed by atoms with Crippen LogP contribution in [0, 0.1) is 17.6 Å². The van der Waals surface area contributed by atoms with Gasteiger partial charge in [0.15, 0.2) is 17.3 Å². The Hall–Kier alpha value is -3.50. The van der Waals surface area contributed by atoms with Crippen molar-refractivity contribution in [3.63, 3.8) is 0 Å². The molecule has 0 unspecified atom stereocenters. The molecule has 1 aliphatic heterocycles. The van der Waals surface area contributed by atoms with Gasteiger partial charge in [0.05, 0.1) is 16.8 Å². The predicted octanol–water partition coefficient (Wildman–Crippen LogP) is 4.45. The van der Waals surface area contributed by atoms with Crippen molar-refractivity contribution in [2.75, 3.05) is 18.4 Å². The van der Waals surface area contributed by atoms with E-state index < -0.39 is 11.6 Å². The summed E-state index contributed by atoms with van der Waals surface area (Å²) in [6, 6.07) is 6.35. The average Bonchev–Trinajstić information content (AvgIpc) is 3.20. The predicted molar refractivity (Wildman–Crippen MR) is 128 cm³/mol. The number of phenolic OH excluding ortho intramolecular Hbond substituents is 2. The lowest BCUT2D eigenvalue weighted by Gasteiger charge is -2.24. The molecule has 35 heavy (non-hydrogen) atoms. The van der Waals surface area contributed by atoms with Crippen molar-refractivity contribution < 1.29 is 19.0 Å². The lowest BCUT2D eigenvalue weighted by atomic mass is 9.99. The zero-order valence-corrected chi connectivity index (χ0v) is 19.4. The summed E-state index contributed by atoms with van der Waals surface area (Å²) in [5.74, 6) is -1.17. The molecule has 4 aromatic rings. The van der Waals surface area contributed by atoms with Crippen molar-refractivity contribution in [1.29, 1.82) is 0 Å². The van der Waals surface area contributed by atoms with Gasteiger partial charge in [-0.1, -0.05) is 17.7 Å². The lowest BCUT2D eigenvalue weighted by Crippen LogP contribution is -2.32. The van der Waals surface area contributed by atoms with E-state index >= 15 is 0 Å². The minimum absolute atomic E-state index is 0.00651. The molecule has 3 heterocycles. The molecule has 2 aromatic carbocycles. The van der Waals surface area contributed by atoms with Crippen molar-refractivity contribution in [2.45, 2.75) is 25.9 Å². The minimum atomic E-state index is -0.924. The highest BCUT2D eigenvalue weighted by molar-refractivity contribution is 6.35. The number of nitrogens with zero attached hydrogens (tertiary/aromatic N) is 4. The number of aromatic hydroxyl groups is 2. The molecular formula is C24H23ClF2N6O2. The van der Waals surface area contributed by atoms with Crippen LogP contribution in [0.15, 0.2) is 36.5 Å². The number of aromatic nitrogens is 4. The number of hydrogen-bond donors (Lipinski definition) is 4. The van der Waals surface area contributed by atoms with Crippen LogP contribution in [0.4, 0.5) is 14.7 Å². The molecule has 0 saturated carbocycles. The van der Waals surface area contributed by atoms with Gasteiger partial charge in [0.1, 0.15) is 22.8 Å². The Kier molecular flexibility index (Phi) is 6.40. The summed E-state index contributed by atoms with van der Waals surface area (Å²) in [6.45, 7) is 2.54. The molecular weight excluding hydrogens is 478 g/mol. The van der Waals surface area contributed by atoms with Crippen LogP contribution in [0.3, 0.4) is 0 Å². The van der Waals surface area contributed by atoms with Gasteiger partial charge in [0.2, 0.25) is 5.95 Å². The van der Waals surface area contributed by atoms with E-state index in [1.807, 2.05) is 4.57 Å². The van der Waals surface area contributed by atoms with Crippen LogP contribution in [-0.4, -0.2) is 42.8 Å². The van der Waals surface area contributed by atoms with Crippen LogP contribution < -0.4 is 10.6 Å². The summed E-state index contributed by atoms with van der Waals surface area (Å²) < 4.78 is 28.6. The maximum Gasteiger partial charge on any atom is 0.225 e. The summed E-state index contributed by atoms with van der Waals surface area (Å²) in [5.41, 5.74) is 1.75.